The minimum absolute atomic E-state index is 0.0649. The predicted octanol–water partition coefficient (Wildman–Crippen LogP) is 20.5. The summed E-state index contributed by atoms with van der Waals surface area (Å²) in [6, 6.07) is 0. The van der Waals surface area contributed by atoms with Gasteiger partial charge in [-0.25, -0.2) is 0 Å². The van der Waals surface area contributed by atoms with E-state index in [0.29, 0.717) is 19.3 Å². The number of rotatable bonds is 57. The van der Waals surface area contributed by atoms with Gasteiger partial charge in [0, 0.05) is 19.3 Å². The number of unbranched alkanes of at least 4 members (excludes halogenated alkanes) is 44. The third kappa shape index (κ3) is 55.1. The van der Waals surface area contributed by atoms with Crippen molar-refractivity contribution >= 4 is 17.9 Å². The van der Waals surface area contributed by atoms with Crippen LogP contribution < -0.4 is 0 Å². The maximum absolute atomic E-state index is 12.9. The molecule has 0 aliphatic heterocycles. The molecule has 0 rings (SSSR count). The van der Waals surface area contributed by atoms with Crippen molar-refractivity contribution in [3.8, 4) is 0 Å². The summed E-state index contributed by atoms with van der Waals surface area (Å²) < 4.78 is 16.9. The Morgan fingerprint density at radius 2 is 0.485 bits per heavy atom. The lowest BCUT2D eigenvalue weighted by Gasteiger charge is -2.18. The van der Waals surface area contributed by atoms with Gasteiger partial charge in [-0.05, 0) is 44.9 Å². The molecule has 0 fully saturated rings. The van der Waals surface area contributed by atoms with Crippen LogP contribution in [-0.2, 0) is 28.6 Å². The number of hydrogen-bond donors (Lipinski definition) is 0. The molecule has 402 valence electrons. The Hall–Kier alpha value is -1.85. The van der Waals surface area contributed by atoms with Crippen LogP contribution in [-0.4, -0.2) is 37.2 Å². The average molecular weight is 960 g/mol. The highest BCUT2D eigenvalue weighted by Crippen LogP contribution is 2.18. The summed E-state index contributed by atoms with van der Waals surface area (Å²) in [5.74, 6) is -0.841. The van der Waals surface area contributed by atoms with Gasteiger partial charge < -0.3 is 14.2 Å². The summed E-state index contributed by atoms with van der Waals surface area (Å²) >= 11 is 0. The minimum atomic E-state index is -0.766. The SMILES string of the molecule is CCCCCCCCCC/C=C\CCCCCCCCCC(=O)OCC(COC(=O)CCCCCCCCCCCCCCCC)OC(=O)CCCCCCCCCCCCCCCCCCC. The number of carbonyl (C=O) groups excluding carboxylic acids is 3. The molecule has 0 saturated heterocycles. The number of ether oxygens (including phenoxy) is 3. The van der Waals surface area contributed by atoms with Gasteiger partial charge in [-0.2, -0.15) is 0 Å². The van der Waals surface area contributed by atoms with E-state index in [0.717, 1.165) is 57.8 Å². The van der Waals surface area contributed by atoms with Crippen LogP contribution in [0.3, 0.4) is 0 Å². The number of esters is 3. The van der Waals surface area contributed by atoms with Crippen molar-refractivity contribution in [3.63, 3.8) is 0 Å². The second kappa shape index (κ2) is 57.7. The molecule has 0 N–H and O–H groups in total. The molecule has 0 bridgehead atoms. The zero-order chi connectivity index (χ0) is 49.3. The Morgan fingerprint density at radius 1 is 0.279 bits per heavy atom. The highest BCUT2D eigenvalue weighted by molar-refractivity contribution is 5.71. The van der Waals surface area contributed by atoms with E-state index in [1.54, 1.807) is 0 Å². The maximum Gasteiger partial charge on any atom is 0.306 e. The van der Waals surface area contributed by atoms with E-state index < -0.39 is 6.10 Å². The van der Waals surface area contributed by atoms with Gasteiger partial charge in [0.1, 0.15) is 13.2 Å². The van der Waals surface area contributed by atoms with Crippen LogP contribution in [0.25, 0.3) is 0 Å². The molecule has 1 atom stereocenters. The van der Waals surface area contributed by atoms with E-state index in [2.05, 4.69) is 32.9 Å². The fourth-order valence-electron chi connectivity index (χ4n) is 9.38. The summed E-state index contributed by atoms with van der Waals surface area (Å²) in [7, 11) is 0. The van der Waals surface area contributed by atoms with Crippen molar-refractivity contribution in [2.24, 2.45) is 0 Å². The van der Waals surface area contributed by atoms with Gasteiger partial charge in [-0.15, -0.1) is 0 Å². The van der Waals surface area contributed by atoms with Gasteiger partial charge in [0.2, 0.25) is 0 Å². The molecule has 0 aromatic carbocycles. The fraction of sp³-hybridized carbons (Fsp3) is 0.919. The lowest BCUT2D eigenvalue weighted by molar-refractivity contribution is -0.167. The lowest BCUT2D eigenvalue weighted by atomic mass is 10.0. The van der Waals surface area contributed by atoms with Crippen molar-refractivity contribution in [2.75, 3.05) is 13.2 Å². The number of hydrogen-bond acceptors (Lipinski definition) is 6. The second-order valence-corrected chi connectivity index (χ2v) is 21.0. The quantitative estimate of drug-likeness (QED) is 0.0262. The summed E-state index contributed by atoms with van der Waals surface area (Å²) in [4.78, 5) is 38.2. The zero-order valence-corrected chi connectivity index (χ0v) is 46.2. The van der Waals surface area contributed by atoms with Crippen molar-refractivity contribution in [3.05, 3.63) is 12.2 Å². The van der Waals surface area contributed by atoms with Crippen LogP contribution in [0.1, 0.15) is 348 Å². The second-order valence-electron chi connectivity index (χ2n) is 21.0. The lowest BCUT2D eigenvalue weighted by Crippen LogP contribution is -2.30. The monoisotopic (exact) mass is 959 g/mol. The molecule has 0 spiro atoms. The summed E-state index contributed by atoms with van der Waals surface area (Å²) in [5.41, 5.74) is 0. The van der Waals surface area contributed by atoms with Gasteiger partial charge in [0.05, 0.1) is 0 Å². The molecule has 0 aromatic rings. The van der Waals surface area contributed by atoms with Gasteiger partial charge in [0.25, 0.3) is 0 Å². The molecule has 1 unspecified atom stereocenters. The minimum Gasteiger partial charge on any atom is -0.462 e. The predicted molar refractivity (Wildman–Crippen MR) is 293 cm³/mol. The first-order valence-electron chi connectivity index (χ1n) is 30.7. The van der Waals surface area contributed by atoms with Crippen LogP contribution in [0, 0.1) is 0 Å². The van der Waals surface area contributed by atoms with Crippen molar-refractivity contribution < 1.29 is 28.6 Å². The fourth-order valence-corrected chi connectivity index (χ4v) is 9.38. The first kappa shape index (κ1) is 66.2. The molecular formula is C62H118O6. The Morgan fingerprint density at radius 3 is 0.735 bits per heavy atom. The zero-order valence-electron chi connectivity index (χ0n) is 46.2. The molecule has 0 radical (unpaired) electrons. The Labute approximate surface area is 424 Å². The van der Waals surface area contributed by atoms with E-state index >= 15 is 0 Å². The molecule has 6 nitrogen and oxygen atoms in total. The van der Waals surface area contributed by atoms with Crippen molar-refractivity contribution in [2.45, 2.75) is 354 Å². The molecule has 0 aliphatic rings. The highest BCUT2D eigenvalue weighted by Gasteiger charge is 2.19. The Kier molecular flexibility index (Phi) is 56.2. The number of allylic oxidation sites excluding steroid dienone is 2. The molecule has 0 heterocycles. The molecule has 6 heteroatoms. The van der Waals surface area contributed by atoms with Crippen molar-refractivity contribution in [1.82, 2.24) is 0 Å². The summed E-state index contributed by atoms with van der Waals surface area (Å²) in [6.45, 7) is 6.70. The molecular weight excluding hydrogens is 841 g/mol. The van der Waals surface area contributed by atoms with Crippen LogP contribution in [0.4, 0.5) is 0 Å². The highest BCUT2D eigenvalue weighted by atomic mass is 16.6. The normalized spacial score (nSPS) is 12.0. The summed E-state index contributed by atoms with van der Waals surface area (Å²) in [6.07, 6.45) is 66.3. The smallest absolute Gasteiger partial charge is 0.306 e. The van der Waals surface area contributed by atoms with Gasteiger partial charge in [-0.1, -0.05) is 296 Å². The molecule has 68 heavy (non-hydrogen) atoms. The third-order valence-corrected chi connectivity index (χ3v) is 14.0. The topological polar surface area (TPSA) is 78.9 Å². The van der Waals surface area contributed by atoms with E-state index in [9.17, 15) is 14.4 Å². The molecule has 0 aromatic heterocycles. The Bertz CT molecular complexity index is 1060. The van der Waals surface area contributed by atoms with Crippen molar-refractivity contribution in [1.29, 1.82) is 0 Å². The molecule has 0 aliphatic carbocycles. The van der Waals surface area contributed by atoms with Crippen LogP contribution in [0.5, 0.6) is 0 Å². The largest absolute Gasteiger partial charge is 0.462 e. The van der Waals surface area contributed by atoms with E-state index in [-0.39, 0.29) is 31.1 Å². The first-order chi connectivity index (χ1) is 33.5. The van der Waals surface area contributed by atoms with Gasteiger partial charge in [-0.3, -0.25) is 14.4 Å². The third-order valence-electron chi connectivity index (χ3n) is 14.0. The summed E-state index contributed by atoms with van der Waals surface area (Å²) in [5, 5.41) is 0. The van der Waals surface area contributed by atoms with Crippen LogP contribution in [0.2, 0.25) is 0 Å². The van der Waals surface area contributed by atoms with Crippen LogP contribution >= 0.6 is 0 Å². The van der Waals surface area contributed by atoms with E-state index in [1.165, 1.54) is 250 Å². The molecule has 0 amide bonds. The van der Waals surface area contributed by atoms with Crippen LogP contribution in [0.15, 0.2) is 12.2 Å². The molecule has 0 saturated carbocycles. The maximum atomic E-state index is 12.9. The van der Waals surface area contributed by atoms with Gasteiger partial charge in [0.15, 0.2) is 6.10 Å². The standard InChI is InChI=1S/C62H118O6/c1-4-7-10-13-16-19-22-25-28-30-31-33-34-37-40-43-46-49-52-55-61(64)67-58-59(57-66-60(63)54-51-48-45-42-39-36-27-24-21-18-15-12-9-6-3)68-62(65)56-53-50-47-44-41-38-35-32-29-26-23-20-17-14-11-8-5-2/h30-31,59H,4-29,32-58H2,1-3H3/b31-30-. The van der Waals surface area contributed by atoms with E-state index in [4.69, 9.17) is 14.2 Å². The average Bonchev–Trinajstić information content (AvgIpc) is 3.34. The van der Waals surface area contributed by atoms with Gasteiger partial charge >= 0.3 is 17.9 Å². The first-order valence-corrected chi connectivity index (χ1v) is 30.7. The number of carbonyl (C=O) groups is 3. The van der Waals surface area contributed by atoms with E-state index in [1.807, 2.05) is 0 Å². The Balaban J connectivity index is 4.30.